The van der Waals surface area contributed by atoms with E-state index in [-0.39, 0.29) is 23.8 Å². The Morgan fingerprint density at radius 1 is 0.889 bits per heavy atom. The molecule has 6 heteroatoms. The van der Waals surface area contributed by atoms with Gasteiger partial charge >= 0.3 is 0 Å². The van der Waals surface area contributed by atoms with Crippen molar-refractivity contribution in [3.63, 3.8) is 0 Å². The molecule has 136 valence electrons. The summed E-state index contributed by atoms with van der Waals surface area (Å²) in [7, 11) is -3.80. The first-order chi connectivity index (χ1) is 13.0. The average molecular weight is 378 g/mol. The molecule has 0 atom stereocenters. The van der Waals surface area contributed by atoms with Crippen LogP contribution in [0.25, 0.3) is 0 Å². The van der Waals surface area contributed by atoms with E-state index in [1.807, 2.05) is 48.5 Å². The molecule has 1 amide bonds. The number of sulfonamides is 1. The standard InChI is InChI=1S/C21H18N2O3S/c24-21-14-17-13-19(11-12-20(17)22-21)27(25,26)23(18-9-5-2-6-10-18)15-16-7-3-1-4-8-16/h1-13H,14-15H2,(H,22,24). The van der Waals surface area contributed by atoms with Gasteiger partial charge in [-0.15, -0.1) is 0 Å². The Kier molecular flexibility index (Phi) is 4.41. The van der Waals surface area contributed by atoms with Gasteiger partial charge in [-0.1, -0.05) is 48.5 Å². The first kappa shape index (κ1) is 17.3. The lowest BCUT2D eigenvalue weighted by Crippen LogP contribution is -2.30. The topological polar surface area (TPSA) is 66.5 Å². The summed E-state index contributed by atoms with van der Waals surface area (Å²) >= 11 is 0. The van der Waals surface area contributed by atoms with Crippen LogP contribution >= 0.6 is 0 Å². The summed E-state index contributed by atoms with van der Waals surface area (Å²) in [6.45, 7) is 0.224. The van der Waals surface area contributed by atoms with Gasteiger partial charge in [0.15, 0.2) is 0 Å². The molecule has 0 aliphatic carbocycles. The van der Waals surface area contributed by atoms with Crippen molar-refractivity contribution in [3.05, 3.63) is 90.0 Å². The number of anilines is 2. The fourth-order valence-electron chi connectivity index (χ4n) is 3.15. The number of fused-ring (bicyclic) bond motifs is 1. The van der Waals surface area contributed by atoms with Crippen molar-refractivity contribution in [2.24, 2.45) is 0 Å². The number of benzene rings is 3. The SMILES string of the molecule is O=C1Cc2cc(S(=O)(=O)N(Cc3ccccc3)c3ccccc3)ccc2N1. The summed E-state index contributed by atoms with van der Waals surface area (Å²) in [6.07, 6.45) is 0.197. The molecule has 1 aliphatic heterocycles. The molecule has 27 heavy (non-hydrogen) atoms. The number of para-hydroxylation sites is 1. The molecule has 1 aliphatic rings. The lowest BCUT2D eigenvalue weighted by atomic mass is 10.2. The number of hydrogen-bond acceptors (Lipinski definition) is 3. The Bertz CT molecular complexity index is 1080. The summed E-state index contributed by atoms with van der Waals surface area (Å²) in [4.78, 5) is 11.8. The molecule has 4 rings (SSSR count). The van der Waals surface area contributed by atoms with Gasteiger partial charge in [0.05, 0.1) is 23.5 Å². The minimum absolute atomic E-state index is 0.122. The minimum Gasteiger partial charge on any atom is -0.326 e. The van der Waals surface area contributed by atoms with Gasteiger partial charge in [0.2, 0.25) is 5.91 Å². The fraction of sp³-hybridized carbons (Fsp3) is 0.0952. The average Bonchev–Trinajstić information content (AvgIpc) is 3.06. The maximum atomic E-state index is 13.4. The second-order valence-corrected chi connectivity index (χ2v) is 8.24. The molecular formula is C21H18N2O3S. The highest BCUT2D eigenvalue weighted by atomic mass is 32.2. The van der Waals surface area contributed by atoms with Crippen LogP contribution in [0.1, 0.15) is 11.1 Å². The van der Waals surface area contributed by atoms with E-state index >= 15 is 0 Å². The summed E-state index contributed by atoms with van der Waals surface area (Å²) in [6, 6.07) is 23.3. The number of nitrogens with one attached hydrogen (secondary N) is 1. The Hall–Kier alpha value is -3.12. The Balaban J connectivity index is 1.77. The van der Waals surface area contributed by atoms with Crippen LogP contribution in [0, 0.1) is 0 Å². The highest BCUT2D eigenvalue weighted by molar-refractivity contribution is 7.92. The van der Waals surface area contributed by atoms with Crippen LogP contribution in [0.4, 0.5) is 11.4 Å². The summed E-state index contributed by atoms with van der Waals surface area (Å²) in [5.74, 6) is -0.122. The number of carbonyl (C=O) groups is 1. The molecule has 0 saturated heterocycles. The molecule has 0 fully saturated rings. The van der Waals surface area contributed by atoms with Crippen molar-refractivity contribution >= 4 is 27.3 Å². The second-order valence-electron chi connectivity index (χ2n) is 6.38. The Labute approximate surface area is 158 Å². The van der Waals surface area contributed by atoms with Crippen molar-refractivity contribution < 1.29 is 13.2 Å². The minimum atomic E-state index is -3.80. The van der Waals surface area contributed by atoms with Gasteiger partial charge in [-0.3, -0.25) is 9.10 Å². The van der Waals surface area contributed by atoms with Crippen LogP contribution in [0.3, 0.4) is 0 Å². The smallest absolute Gasteiger partial charge is 0.264 e. The number of rotatable bonds is 5. The van der Waals surface area contributed by atoms with Crippen LogP contribution in [-0.2, 0) is 27.8 Å². The lowest BCUT2D eigenvalue weighted by molar-refractivity contribution is -0.115. The van der Waals surface area contributed by atoms with Crippen molar-refractivity contribution in [3.8, 4) is 0 Å². The highest BCUT2D eigenvalue weighted by Gasteiger charge is 2.27. The van der Waals surface area contributed by atoms with Gasteiger partial charge in [-0.25, -0.2) is 8.42 Å². The zero-order chi connectivity index (χ0) is 18.9. The number of carbonyl (C=O) groups excluding carboxylic acids is 1. The normalized spacial score (nSPS) is 13.1. The van der Waals surface area contributed by atoms with Crippen molar-refractivity contribution in [1.82, 2.24) is 0 Å². The van der Waals surface area contributed by atoms with E-state index in [0.29, 0.717) is 16.9 Å². The summed E-state index contributed by atoms with van der Waals surface area (Å²) < 4.78 is 28.3. The first-order valence-electron chi connectivity index (χ1n) is 8.58. The second kappa shape index (κ2) is 6.89. The van der Waals surface area contributed by atoms with E-state index in [1.54, 1.807) is 30.3 Å². The third-order valence-electron chi connectivity index (χ3n) is 4.50. The fourth-order valence-corrected chi connectivity index (χ4v) is 4.66. The Morgan fingerprint density at radius 2 is 1.56 bits per heavy atom. The number of hydrogen-bond donors (Lipinski definition) is 1. The molecule has 0 unspecified atom stereocenters. The molecule has 0 spiro atoms. The lowest BCUT2D eigenvalue weighted by Gasteiger charge is -2.25. The monoisotopic (exact) mass is 378 g/mol. The molecule has 0 aromatic heterocycles. The summed E-state index contributed by atoms with van der Waals surface area (Å²) in [5, 5.41) is 2.73. The van der Waals surface area contributed by atoms with E-state index in [2.05, 4.69) is 5.32 Å². The van der Waals surface area contributed by atoms with Gasteiger partial charge in [0, 0.05) is 5.69 Å². The van der Waals surface area contributed by atoms with Crippen LogP contribution in [-0.4, -0.2) is 14.3 Å². The molecule has 0 radical (unpaired) electrons. The van der Waals surface area contributed by atoms with Crippen LogP contribution in [0.2, 0.25) is 0 Å². The molecule has 5 nitrogen and oxygen atoms in total. The predicted octanol–water partition coefficient (Wildman–Crippen LogP) is 3.58. The van der Waals surface area contributed by atoms with E-state index in [4.69, 9.17) is 0 Å². The molecule has 1 N–H and O–H groups in total. The predicted molar refractivity (Wildman–Crippen MR) is 105 cm³/mol. The third-order valence-corrected chi connectivity index (χ3v) is 6.27. The molecule has 0 saturated carbocycles. The van der Waals surface area contributed by atoms with E-state index < -0.39 is 10.0 Å². The molecule has 3 aromatic carbocycles. The van der Waals surface area contributed by atoms with E-state index in [0.717, 1.165) is 5.56 Å². The van der Waals surface area contributed by atoms with Gasteiger partial charge in [-0.2, -0.15) is 0 Å². The van der Waals surface area contributed by atoms with Gasteiger partial charge in [0.25, 0.3) is 10.0 Å². The van der Waals surface area contributed by atoms with Gasteiger partial charge < -0.3 is 5.32 Å². The number of amides is 1. The molecule has 3 aromatic rings. The zero-order valence-electron chi connectivity index (χ0n) is 14.5. The van der Waals surface area contributed by atoms with Crippen molar-refractivity contribution in [1.29, 1.82) is 0 Å². The summed E-state index contributed by atoms with van der Waals surface area (Å²) in [5.41, 5.74) is 2.86. The van der Waals surface area contributed by atoms with Crippen molar-refractivity contribution in [2.75, 3.05) is 9.62 Å². The Morgan fingerprint density at radius 3 is 2.26 bits per heavy atom. The molecule has 0 bridgehead atoms. The van der Waals surface area contributed by atoms with Crippen molar-refractivity contribution in [2.45, 2.75) is 17.9 Å². The van der Waals surface area contributed by atoms with Crippen LogP contribution in [0.5, 0.6) is 0 Å². The van der Waals surface area contributed by atoms with E-state index in [9.17, 15) is 13.2 Å². The quantitative estimate of drug-likeness (QED) is 0.738. The van der Waals surface area contributed by atoms with Crippen LogP contribution < -0.4 is 9.62 Å². The van der Waals surface area contributed by atoms with Gasteiger partial charge in [0.1, 0.15) is 0 Å². The largest absolute Gasteiger partial charge is 0.326 e. The molecule has 1 heterocycles. The zero-order valence-corrected chi connectivity index (χ0v) is 15.3. The van der Waals surface area contributed by atoms with E-state index in [1.165, 1.54) is 4.31 Å². The molecular weight excluding hydrogens is 360 g/mol. The maximum Gasteiger partial charge on any atom is 0.264 e. The number of nitrogens with zero attached hydrogens (tertiary/aromatic N) is 1. The van der Waals surface area contributed by atoms with Gasteiger partial charge in [-0.05, 0) is 41.5 Å². The third kappa shape index (κ3) is 3.44. The highest BCUT2D eigenvalue weighted by Crippen LogP contribution is 2.30. The maximum absolute atomic E-state index is 13.4. The first-order valence-corrected chi connectivity index (χ1v) is 10.0. The van der Waals surface area contributed by atoms with Crippen LogP contribution in [0.15, 0.2) is 83.8 Å².